The maximum atomic E-state index is 12.6. The van der Waals surface area contributed by atoms with Crippen molar-refractivity contribution in [1.29, 1.82) is 0 Å². The molecule has 150 valence electrons. The fraction of sp³-hybridized carbons (Fsp3) is 0.667. The van der Waals surface area contributed by atoms with Crippen LogP contribution in [-0.2, 0) is 11.2 Å². The standard InChI is InChI=1S/C21H33N3O3/c1-23-11-8-18(9-12-23)24-10-4-5-17(15-24)22-21(25)14-16-13-19(26-2)6-7-20(16)27-3/h6-7,13,17-18H,4-5,8-12,14-15H2,1-3H3,(H,22,25)/t17-/m0/s1. The monoisotopic (exact) mass is 375 g/mol. The quantitative estimate of drug-likeness (QED) is 0.823. The molecule has 2 fully saturated rings. The minimum atomic E-state index is 0.0526. The zero-order chi connectivity index (χ0) is 19.2. The Bertz CT molecular complexity index is 629. The summed E-state index contributed by atoms with van der Waals surface area (Å²) in [5.41, 5.74) is 0.859. The summed E-state index contributed by atoms with van der Waals surface area (Å²) in [6, 6.07) is 6.48. The second-order valence-electron chi connectivity index (χ2n) is 7.79. The van der Waals surface area contributed by atoms with Gasteiger partial charge in [0.2, 0.25) is 5.91 Å². The van der Waals surface area contributed by atoms with E-state index in [1.807, 2.05) is 18.2 Å². The number of hydrogen-bond acceptors (Lipinski definition) is 5. The third-order valence-corrected chi connectivity index (χ3v) is 5.86. The third-order valence-electron chi connectivity index (χ3n) is 5.86. The highest BCUT2D eigenvalue weighted by molar-refractivity contribution is 5.79. The summed E-state index contributed by atoms with van der Waals surface area (Å²) < 4.78 is 10.7. The van der Waals surface area contributed by atoms with Gasteiger partial charge in [0.05, 0.1) is 20.6 Å². The maximum absolute atomic E-state index is 12.6. The van der Waals surface area contributed by atoms with E-state index in [1.54, 1.807) is 14.2 Å². The van der Waals surface area contributed by atoms with Gasteiger partial charge in [-0.25, -0.2) is 0 Å². The van der Waals surface area contributed by atoms with Gasteiger partial charge in [0, 0.05) is 24.2 Å². The SMILES string of the molecule is COc1ccc(OC)c(CC(=O)N[C@H]2CCCN(C3CCN(C)CC3)C2)c1. The van der Waals surface area contributed by atoms with Crippen LogP contribution in [0.4, 0.5) is 0 Å². The Morgan fingerprint density at radius 3 is 2.63 bits per heavy atom. The fourth-order valence-electron chi connectivity index (χ4n) is 4.29. The molecule has 0 aliphatic carbocycles. The highest BCUT2D eigenvalue weighted by atomic mass is 16.5. The predicted molar refractivity (Wildman–Crippen MR) is 107 cm³/mol. The van der Waals surface area contributed by atoms with Crippen LogP contribution in [0.2, 0.25) is 0 Å². The highest BCUT2D eigenvalue weighted by Gasteiger charge is 2.28. The van der Waals surface area contributed by atoms with Crippen molar-refractivity contribution in [2.45, 2.75) is 44.2 Å². The second-order valence-corrected chi connectivity index (χ2v) is 7.79. The molecule has 3 rings (SSSR count). The lowest BCUT2D eigenvalue weighted by Gasteiger charge is -2.41. The molecular weight excluding hydrogens is 342 g/mol. The number of nitrogens with zero attached hydrogens (tertiary/aromatic N) is 2. The molecule has 2 heterocycles. The molecule has 6 heteroatoms. The zero-order valence-electron chi connectivity index (χ0n) is 16.9. The maximum Gasteiger partial charge on any atom is 0.224 e. The van der Waals surface area contributed by atoms with Crippen LogP contribution in [0.3, 0.4) is 0 Å². The number of carbonyl (C=O) groups is 1. The highest BCUT2D eigenvalue weighted by Crippen LogP contribution is 2.25. The van der Waals surface area contributed by atoms with Crippen LogP contribution in [0.1, 0.15) is 31.2 Å². The van der Waals surface area contributed by atoms with Gasteiger partial charge in [-0.1, -0.05) is 0 Å². The molecule has 27 heavy (non-hydrogen) atoms. The molecule has 1 aromatic carbocycles. The minimum Gasteiger partial charge on any atom is -0.497 e. The van der Waals surface area contributed by atoms with Crippen LogP contribution in [0.5, 0.6) is 11.5 Å². The molecule has 2 aliphatic heterocycles. The third kappa shape index (κ3) is 5.36. The van der Waals surface area contributed by atoms with Crippen LogP contribution in [-0.4, -0.2) is 75.2 Å². The molecule has 0 spiro atoms. The molecule has 1 amide bonds. The Labute approximate surface area is 162 Å². The van der Waals surface area contributed by atoms with Gasteiger partial charge in [-0.05, 0) is 70.6 Å². The number of nitrogens with one attached hydrogen (secondary N) is 1. The van der Waals surface area contributed by atoms with E-state index >= 15 is 0 Å². The first-order chi connectivity index (χ1) is 13.1. The summed E-state index contributed by atoms with van der Waals surface area (Å²) in [5, 5.41) is 3.25. The molecule has 0 radical (unpaired) electrons. The number of amides is 1. The van der Waals surface area contributed by atoms with Gasteiger partial charge in [-0.2, -0.15) is 0 Å². The van der Waals surface area contributed by atoms with Crippen molar-refractivity contribution in [2.24, 2.45) is 0 Å². The van der Waals surface area contributed by atoms with E-state index in [0.29, 0.717) is 12.5 Å². The molecule has 1 aromatic rings. The molecule has 6 nitrogen and oxygen atoms in total. The Morgan fingerprint density at radius 1 is 1.15 bits per heavy atom. The van der Waals surface area contributed by atoms with E-state index in [1.165, 1.54) is 25.9 Å². The fourth-order valence-corrected chi connectivity index (χ4v) is 4.29. The number of ether oxygens (including phenoxy) is 2. The molecular formula is C21H33N3O3. The lowest BCUT2D eigenvalue weighted by atomic mass is 9.98. The van der Waals surface area contributed by atoms with E-state index in [0.717, 1.165) is 43.0 Å². The number of benzene rings is 1. The minimum absolute atomic E-state index is 0.0526. The summed E-state index contributed by atoms with van der Waals surface area (Å²) in [7, 11) is 5.46. The van der Waals surface area contributed by atoms with Crippen molar-refractivity contribution >= 4 is 5.91 Å². The molecule has 0 bridgehead atoms. The Kier molecular flexibility index (Phi) is 6.96. The summed E-state index contributed by atoms with van der Waals surface area (Å²) >= 11 is 0. The van der Waals surface area contributed by atoms with Crippen LogP contribution in [0.15, 0.2) is 18.2 Å². The van der Waals surface area contributed by atoms with Gasteiger partial charge < -0.3 is 19.7 Å². The van der Waals surface area contributed by atoms with Crippen LogP contribution >= 0.6 is 0 Å². The molecule has 2 saturated heterocycles. The van der Waals surface area contributed by atoms with Crippen LogP contribution < -0.4 is 14.8 Å². The average molecular weight is 376 g/mol. The predicted octanol–water partition coefficient (Wildman–Crippen LogP) is 1.92. The van der Waals surface area contributed by atoms with Crippen molar-refractivity contribution in [1.82, 2.24) is 15.1 Å². The summed E-state index contributed by atoms with van der Waals surface area (Å²) in [6.07, 6.45) is 4.99. The van der Waals surface area contributed by atoms with Crippen molar-refractivity contribution in [2.75, 3.05) is 47.4 Å². The van der Waals surface area contributed by atoms with Gasteiger partial charge >= 0.3 is 0 Å². The smallest absolute Gasteiger partial charge is 0.224 e. The van der Waals surface area contributed by atoms with Crippen molar-refractivity contribution < 1.29 is 14.3 Å². The van der Waals surface area contributed by atoms with Crippen molar-refractivity contribution in [3.05, 3.63) is 23.8 Å². The average Bonchev–Trinajstić information content (AvgIpc) is 2.68. The van der Waals surface area contributed by atoms with E-state index in [4.69, 9.17) is 9.47 Å². The van der Waals surface area contributed by atoms with Gasteiger partial charge in [-0.15, -0.1) is 0 Å². The lowest BCUT2D eigenvalue weighted by molar-refractivity contribution is -0.121. The number of rotatable bonds is 6. The Morgan fingerprint density at radius 2 is 1.93 bits per heavy atom. The normalized spacial score (nSPS) is 22.4. The number of piperidine rings is 2. The molecule has 0 saturated carbocycles. The molecule has 2 aliphatic rings. The molecule has 1 N–H and O–H groups in total. The molecule has 0 unspecified atom stereocenters. The van der Waals surface area contributed by atoms with Crippen molar-refractivity contribution in [3.8, 4) is 11.5 Å². The molecule has 0 aromatic heterocycles. The van der Waals surface area contributed by atoms with Gasteiger partial charge in [0.15, 0.2) is 0 Å². The van der Waals surface area contributed by atoms with Gasteiger partial charge in [0.1, 0.15) is 11.5 Å². The molecule has 1 atom stereocenters. The van der Waals surface area contributed by atoms with E-state index in [2.05, 4.69) is 22.2 Å². The van der Waals surface area contributed by atoms with E-state index < -0.39 is 0 Å². The van der Waals surface area contributed by atoms with E-state index in [9.17, 15) is 4.79 Å². The Hall–Kier alpha value is -1.79. The van der Waals surface area contributed by atoms with Crippen molar-refractivity contribution in [3.63, 3.8) is 0 Å². The van der Waals surface area contributed by atoms with E-state index in [-0.39, 0.29) is 11.9 Å². The number of carbonyl (C=O) groups excluding carboxylic acids is 1. The second kappa shape index (κ2) is 9.42. The Balaban J connectivity index is 1.54. The zero-order valence-corrected chi connectivity index (χ0v) is 16.9. The number of likely N-dealkylation sites (tertiary alicyclic amines) is 2. The number of hydrogen-bond donors (Lipinski definition) is 1. The van der Waals surface area contributed by atoms with Crippen LogP contribution in [0.25, 0.3) is 0 Å². The first-order valence-electron chi connectivity index (χ1n) is 10.0. The largest absolute Gasteiger partial charge is 0.497 e. The lowest BCUT2D eigenvalue weighted by Crippen LogP contribution is -2.53. The first kappa shape index (κ1) is 20.0. The summed E-state index contributed by atoms with van der Waals surface area (Å²) in [5.74, 6) is 1.52. The van der Waals surface area contributed by atoms with Gasteiger partial charge in [0.25, 0.3) is 0 Å². The summed E-state index contributed by atoms with van der Waals surface area (Å²) in [4.78, 5) is 17.6. The van der Waals surface area contributed by atoms with Crippen LogP contribution in [0, 0.1) is 0 Å². The summed E-state index contributed by atoms with van der Waals surface area (Å²) in [6.45, 7) is 4.47. The topological polar surface area (TPSA) is 54.0 Å². The number of methoxy groups -OCH3 is 2. The first-order valence-corrected chi connectivity index (χ1v) is 10.0. The van der Waals surface area contributed by atoms with Gasteiger partial charge in [-0.3, -0.25) is 9.69 Å².